The number of hydrogen-bond acceptors (Lipinski definition) is 8. The van der Waals surface area contributed by atoms with Crippen molar-refractivity contribution in [2.75, 3.05) is 23.7 Å². The van der Waals surface area contributed by atoms with Gasteiger partial charge in [0.25, 0.3) is 5.89 Å². The van der Waals surface area contributed by atoms with Gasteiger partial charge in [-0.1, -0.05) is 30.7 Å². The second kappa shape index (κ2) is 9.22. The summed E-state index contributed by atoms with van der Waals surface area (Å²) in [6, 6.07) is 7.62. The van der Waals surface area contributed by atoms with Crippen LogP contribution in [0.3, 0.4) is 0 Å². The molecule has 36 heavy (non-hydrogen) atoms. The molecule has 1 aromatic heterocycles. The maximum Gasteiger partial charge on any atom is 0.250 e. The van der Waals surface area contributed by atoms with Crippen LogP contribution in [0.5, 0.6) is 0 Å². The minimum Gasteiger partial charge on any atom is -0.420 e. The van der Waals surface area contributed by atoms with Crippen LogP contribution in [-0.4, -0.2) is 49.4 Å². The van der Waals surface area contributed by atoms with E-state index in [0.717, 1.165) is 32.0 Å². The Morgan fingerprint density at radius 1 is 1.22 bits per heavy atom. The molecule has 5 rings (SSSR count). The van der Waals surface area contributed by atoms with E-state index in [2.05, 4.69) is 15.5 Å². The second-order valence-electron chi connectivity index (χ2n) is 9.46. The first kappa shape index (κ1) is 24.8. The maximum absolute atomic E-state index is 15.3. The molecule has 0 spiro atoms. The van der Waals surface area contributed by atoms with Crippen LogP contribution < -0.4 is 16.0 Å². The molecule has 1 saturated heterocycles. The number of nitrogens with one attached hydrogen (secondary N) is 1. The summed E-state index contributed by atoms with van der Waals surface area (Å²) in [6.07, 6.45) is 1.56. The smallest absolute Gasteiger partial charge is 0.250 e. The number of carbonyl (C=O) groups is 1. The molecular formula is C24H25ClFN5O4S. The van der Waals surface area contributed by atoms with Crippen LogP contribution >= 0.6 is 11.6 Å². The van der Waals surface area contributed by atoms with Crippen molar-refractivity contribution < 1.29 is 22.0 Å². The fourth-order valence-electron chi connectivity index (χ4n) is 4.59. The van der Waals surface area contributed by atoms with Crippen LogP contribution in [0, 0.1) is 5.82 Å². The standard InChI is InChI=1S/C24H25ClFN5O4S/c1-24(6-8-28-9-7-24)23-30-29-21(35-23)16-10-19-20(11-17(16)26)36(33,34)13-18(27)22(32)31(19)12-14-2-4-15(25)5-3-14/h2-5,10-11,18,28H,6-9,12-13,27H2,1H3/t18-/m0/s1. The van der Waals surface area contributed by atoms with E-state index in [1.54, 1.807) is 24.3 Å². The van der Waals surface area contributed by atoms with Gasteiger partial charge in [0.2, 0.25) is 11.8 Å². The number of carbonyl (C=O) groups excluding carboxylic acids is 1. The number of nitrogens with zero attached hydrogens (tertiary/aromatic N) is 3. The van der Waals surface area contributed by atoms with Gasteiger partial charge < -0.3 is 20.4 Å². The van der Waals surface area contributed by atoms with Crippen molar-refractivity contribution in [2.24, 2.45) is 5.73 Å². The van der Waals surface area contributed by atoms with E-state index >= 15 is 4.39 Å². The first-order chi connectivity index (χ1) is 17.1. The zero-order chi connectivity index (χ0) is 25.7. The summed E-state index contributed by atoms with van der Waals surface area (Å²) in [5, 5.41) is 12.0. The minimum atomic E-state index is -4.06. The third-order valence-electron chi connectivity index (χ3n) is 6.79. The molecule has 2 aliphatic heterocycles. The van der Waals surface area contributed by atoms with Crippen LogP contribution in [0.4, 0.5) is 10.1 Å². The Labute approximate surface area is 212 Å². The fraction of sp³-hybridized carbons (Fsp3) is 0.375. The molecule has 2 aliphatic rings. The molecule has 0 unspecified atom stereocenters. The minimum absolute atomic E-state index is 0.00660. The number of amides is 1. The van der Waals surface area contributed by atoms with Crippen molar-refractivity contribution in [1.29, 1.82) is 0 Å². The molecule has 1 atom stereocenters. The Morgan fingerprint density at radius 2 is 1.92 bits per heavy atom. The van der Waals surface area contributed by atoms with Crippen molar-refractivity contribution in [3.63, 3.8) is 0 Å². The van der Waals surface area contributed by atoms with E-state index in [9.17, 15) is 13.2 Å². The predicted octanol–water partition coefficient (Wildman–Crippen LogP) is 2.82. The highest BCUT2D eigenvalue weighted by molar-refractivity contribution is 7.91. The molecule has 1 amide bonds. The summed E-state index contributed by atoms with van der Waals surface area (Å²) in [6.45, 7) is 3.61. The SMILES string of the molecule is CC1(c2nnc(-c3cc4c(cc3F)S(=O)(=O)C[C@H](N)C(=O)N4Cc3ccc(Cl)cc3)o2)CCNCC1. The van der Waals surface area contributed by atoms with E-state index in [1.165, 1.54) is 11.0 Å². The summed E-state index contributed by atoms with van der Waals surface area (Å²) in [7, 11) is -4.06. The highest BCUT2D eigenvalue weighted by Gasteiger charge is 2.38. The number of aromatic nitrogens is 2. The molecule has 0 aliphatic carbocycles. The quantitative estimate of drug-likeness (QED) is 0.523. The third kappa shape index (κ3) is 4.52. The first-order valence-corrected chi connectivity index (χ1v) is 13.5. The predicted molar refractivity (Wildman–Crippen MR) is 132 cm³/mol. The van der Waals surface area contributed by atoms with Gasteiger partial charge in [0.1, 0.15) is 5.82 Å². The Balaban J connectivity index is 1.62. The summed E-state index contributed by atoms with van der Waals surface area (Å²) < 4.78 is 47.3. The van der Waals surface area contributed by atoms with E-state index in [-0.39, 0.29) is 34.0 Å². The Morgan fingerprint density at radius 3 is 2.61 bits per heavy atom. The van der Waals surface area contributed by atoms with E-state index in [0.29, 0.717) is 16.5 Å². The number of halogens is 2. The highest BCUT2D eigenvalue weighted by Crippen LogP contribution is 2.38. The van der Waals surface area contributed by atoms with Crippen LogP contribution in [0.1, 0.15) is 31.2 Å². The van der Waals surface area contributed by atoms with Gasteiger partial charge in [-0.25, -0.2) is 12.8 Å². The average molecular weight is 534 g/mol. The Bertz CT molecular complexity index is 1420. The lowest BCUT2D eigenvalue weighted by molar-refractivity contribution is -0.119. The summed E-state index contributed by atoms with van der Waals surface area (Å²) in [5.41, 5.74) is 6.21. The van der Waals surface area contributed by atoms with Crippen molar-refractivity contribution in [1.82, 2.24) is 15.5 Å². The normalized spacial score (nSPS) is 21.2. The summed E-state index contributed by atoms with van der Waals surface area (Å²) >= 11 is 5.98. The highest BCUT2D eigenvalue weighted by atomic mass is 35.5. The van der Waals surface area contributed by atoms with Gasteiger partial charge in [0, 0.05) is 10.4 Å². The molecule has 0 saturated carbocycles. The zero-order valence-corrected chi connectivity index (χ0v) is 21.1. The summed E-state index contributed by atoms with van der Waals surface area (Å²) in [5.74, 6) is -1.78. The van der Waals surface area contributed by atoms with Crippen molar-refractivity contribution in [3.05, 3.63) is 58.7 Å². The van der Waals surface area contributed by atoms with Gasteiger partial charge in [0.15, 0.2) is 9.84 Å². The molecule has 190 valence electrons. The van der Waals surface area contributed by atoms with Crippen molar-refractivity contribution in [3.8, 4) is 11.5 Å². The average Bonchev–Trinajstić information content (AvgIpc) is 3.32. The zero-order valence-electron chi connectivity index (χ0n) is 19.5. The van der Waals surface area contributed by atoms with Crippen molar-refractivity contribution >= 4 is 33.0 Å². The number of rotatable bonds is 4. The molecule has 1 fully saturated rings. The third-order valence-corrected chi connectivity index (χ3v) is 8.84. The van der Waals surface area contributed by atoms with Crippen LogP contribution in [0.2, 0.25) is 5.02 Å². The molecule has 0 bridgehead atoms. The van der Waals surface area contributed by atoms with Gasteiger partial charge in [0.05, 0.1) is 34.5 Å². The second-order valence-corrected chi connectivity index (χ2v) is 11.9. The Hall–Kier alpha value is -2.86. The molecule has 0 radical (unpaired) electrons. The molecule has 3 heterocycles. The monoisotopic (exact) mass is 533 g/mol. The van der Waals surface area contributed by atoms with E-state index < -0.39 is 33.4 Å². The number of piperidine rings is 1. The molecule has 3 N–H and O–H groups in total. The lowest BCUT2D eigenvalue weighted by Crippen LogP contribution is -2.45. The van der Waals surface area contributed by atoms with Crippen LogP contribution in [0.15, 0.2) is 45.7 Å². The van der Waals surface area contributed by atoms with Gasteiger partial charge in [-0.2, -0.15) is 0 Å². The number of anilines is 1. The lowest BCUT2D eigenvalue weighted by Gasteiger charge is -2.30. The first-order valence-electron chi connectivity index (χ1n) is 11.5. The number of hydrogen-bond donors (Lipinski definition) is 2. The van der Waals surface area contributed by atoms with Crippen LogP contribution in [-0.2, 0) is 26.6 Å². The molecule has 12 heteroatoms. The lowest BCUT2D eigenvalue weighted by atomic mass is 9.81. The summed E-state index contributed by atoms with van der Waals surface area (Å²) in [4.78, 5) is 14.1. The van der Waals surface area contributed by atoms with Crippen molar-refractivity contribution in [2.45, 2.75) is 42.7 Å². The molecule has 9 nitrogen and oxygen atoms in total. The number of fused-ring (bicyclic) bond motifs is 1. The van der Waals surface area contributed by atoms with Crippen LogP contribution in [0.25, 0.3) is 11.5 Å². The Kier molecular flexibility index (Phi) is 6.36. The maximum atomic E-state index is 15.3. The van der Waals surface area contributed by atoms with E-state index in [1.807, 2.05) is 6.92 Å². The number of nitrogens with two attached hydrogens (primary N) is 1. The largest absolute Gasteiger partial charge is 0.420 e. The molecule has 2 aromatic carbocycles. The number of sulfone groups is 1. The van der Waals surface area contributed by atoms with Gasteiger partial charge in [-0.15, -0.1) is 10.2 Å². The topological polar surface area (TPSA) is 131 Å². The van der Waals surface area contributed by atoms with Gasteiger partial charge in [-0.05, 0) is 55.8 Å². The van der Waals surface area contributed by atoms with Gasteiger partial charge >= 0.3 is 0 Å². The fourth-order valence-corrected chi connectivity index (χ4v) is 6.28. The molecule has 3 aromatic rings. The van der Waals surface area contributed by atoms with Gasteiger partial charge in [-0.3, -0.25) is 4.79 Å². The molecular weight excluding hydrogens is 509 g/mol. The number of benzene rings is 2. The van der Waals surface area contributed by atoms with E-state index in [4.69, 9.17) is 21.8 Å².